The van der Waals surface area contributed by atoms with E-state index in [-0.39, 0.29) is 0 Å². The van der Waals surface area contributed by atoms with Gasteiger partial charge in [-0.25, -0.2) is 0 Å². The first kappa shape index (κ1) is 11.0. The Labute approximate surface area is 98.5 Å². The van der Waals surface area contributed by atoms with Gasteiger partial charge in [0.25, 0.3) is 0 Å². The fourth-order valence-electron chi connectivity index (χ4n) is 3.13. The Morgan fingerprint density at radius 1 is 1.06 bits per heavy atom. The summed E-state index contributed by atoms with van der Waals surface area (Å²) in [5.41, 5.74) is 0. The molecule has 3 rings (SSSR count). The molecule has 3 aliphatic rings. The Balaban J connectivity index is 1.50. The summed E-state index contributed by atoms with van der Waals surface area (Å²) in [6, 6.07) is 2.37. The minimum Gasteiger partial charge on any atom is -0.381 e. The molecule has 0 bridgehead atoms. The first-order valence-corrected chi connectivity index (χ1v) is 6.91. The molecule has 1 N–H and O–H groups in total. The molecule has 2 unspecified atom stereocenters. The highest BCUT2D eigenvalue weighted by Crippen LogP contribution is 2.32. The number of ether oxygens (including phenoxy) is 1. The van der Waals surface area contributed by atoms with E-state index in [4.69, 9.17) is 4.74 Å². The summed E-state index contributed by atoms with van der Waals surface area (Å²) in [7, 11) is 0. The van der Waals surface area contributed by atoms with E-state index < -0.39 is 0 Å². The standard InChI is InChI=1S/C13H24N2O/c1-10-8-15(12-2-3-12)9-13(10)14-11-4-6-16-7-5-11/h10-14H,2-9H2,1H3. The molecular weight excluding hydrogens is 200 g/mol. The summed E-state index contributed by atoms with van der Waals surface area (Å²) in [5, 5.41) is 3.86. The molecule has 2 saturated heterocycles. The van der Waals surface area contributed by atoms with Crippen LogP contribution in [0.3, 0.4) is 0 Å². The van der Waals surface area contributed by atoms with E-state index in [2.05, 4.69) is 17.1 Å². The Bertz CT molecular complexity index is 236. The van der Waals surface area contributed by atoms with Gasteiger partial charge in [-0.1, -0.05) is 6.92 Å². The van der Waals surface area contributed by atoms with Gasteiger partial charge >= 0.3 is 0 Å². The van der Waals surface area contributed by atoms with Gasteiger partial charge in [0.05, 0.1) is 0 Å². The van der Waals surface area contributed by atoms with Gasteiger partial charge in [0, 0.05) is 44.4 Å². The van der Waals surface area contributed by atoms with E-state index >= 15 is 0 Å². The number of nitrogens with one attached hydrogen (secondary N) is 1. The second kappa shape index (κ2) is 4.63. The predicted octanol–water partition coefficient (Wildman–Crippen LogP) is 1.24. The van der Waals surface area contributed by atoms with E-state index in [0.717, 1.165) is 31.2 Å². The first-order chi connectivity index (χ1) is 7.83. The lowest BCUT2D eigenvalue weighted by Gasteiger charge is -2.28. The summed E-state index contributed by atoms with van der Waals surface area (Å²) in [6.45, 7) is 6.89. The van der Waals surface area contributed by atoms with Crippen molar-refractivity contribution >= 4 is 0 Å². The normalized spacial score (nSPS) is 38.1. The van der Waals surface area contributed by atoms with Gasteiger partial charge in [-0.15, -0.1) is 0 Å². The summed E-state index contributed by atoms with van der Waals surface area (Å²) in [5.74, 6) is 0.823. The van der Waals surface area contributed by atoms with E-state index in [1.165, 1.54) is 38.8 Å². The van der Waals surface area contributed by atoms with Crippen molar-refractivity contribution in [3.8, 4) is 0 Å². The second-order valence-electron chi connectivity index (χ2n) is 5.82. The molecule has 92 valence electrons. The number of hydrogen-bond acceptors (Lipinski definition) is 3. The summed E-state index contributed by atoms with van der Waals surface area (Å²) < 4.78 is 5.41. The fourth-order valence-corrected chi connectivity index (χ4v) is 3.13. The highest BCUT2D eigenvalue weighted by atomic mass is 16.5. The maximum atomic E-state index is 5.41. The third-order valence-electron chi connectivity index (χ3n) is 4.37. The van der Waals surface area contributed by atoms with Crippen molar-refractivity contribution in [1.29, 1.82) is 0 Å². The third-order valence-corrected chi connectivity index (χ3v) is 4.37. The van der Waals surface area contributed by atoms with Gasteiger partial charge in [-0.2, -0.15) is 0 Å². The zero-order valence-corrected chi connectivity index (χ0v) is 10.3. The van der Waals surface area contributed by atoms with Crippen molar-refractivity contribution in [2.24, 2.45) is 5.92 Å². The zero-order chi connectivity index (χ0) is 11.0. The highest BCUT2D eigenvalue weighted by Gasteiger charge is 2.38. The van der Waals surface area contributed by atoms with Crippen molar-refractivity contribution in [3.63, 3.8) is 0 Å². The minimum absolute atomic E-state index is 0.709. The molecule has 0 aromatic heterocycles. The molecule has 3 nitrogen and oxygen atoms in total. The lowest BCUT2D eigenvalue weighted by Crippen LogP contribution is -2.45. The zero-order valence-electron chi connectivity index (χ0n) is 10.3. The van der Waals surface area contributed by atoms with Crippen LogP contribution in [-0.2, 0) is 4.74 Å². The smallest absolute Gasteiger partial charge is 0.0480 e. The monoisotopic (exact) mass is 224 g/mol. The number of likely N-dealkylation sites (tertiary alicyclic amines) is 1. The number of rotatable bonds is 3. The van der Waals surface area contributed by atoms with Crippen molar-refractivity contribution in [1.82, 2.24) is 10.2 Å². The topological polar surface area (TPSA) is 24.5 Å². The number of nitrogens with zero attached hydrogens (tertiary/aromatic N) is 1. The molecule has 0 spiro atoms. The lowest BCUT2D eigenvalue weighted by molar-refractivity contribution is 0.0739. The summed E-state index contributed by atoms with van der Waals surface area (Å²) in [6.07, 6.45) is 5.28. The van der Waals surface area contributed by atoms with Crippen molar-refractivity contribution in [2.45, 2.75) is 50.7 Å². The van der Waals surface area contributed by atoms with Crippen LogP contribution in [0.1, 0.15) is 32.6 Å². The van der Waals surface area contributed by atoms with Crippen LogP contribution in [0.5, 0.6) is 0 Å². The van der Waals surface area contributed by atoms with E-state index in [1.54, 1.807) is 0 Å². The van der Waals surface area contributed by atoms with Crippen LogP contribution in [0.4, 0.5) is 0 Å². The number of hydrogen-bond donors (Lipinski definition) is 1. The molecule has 2 atom stereocenters. The van der Waals surface area contributed by atoms with Crippen LogP contribution in [-0.4, -0.2) is 49.3 Å². The largest absolute Gasteiger partial charge is 0.381 e. The molecule has 0 radical (unpaired) electrons. The molecular formula is C13H24N2O. The van der Waals surface area contributed by atoms with Crippen LogP contribution in [0.2, 0.25) is 0 Å². The van der Waals surface area contributed by atoms with Gasteiger partial charge in [0.1, 0.15) is 0 Å². The van der Waals surface area contributed by atoms with Crippen molar-refractivity contribution in [3.05, 3.63) is 0 Å². The molecule has 16 heavy (non-hydrogen) atoms. The van der Waals surface area contributed by atoms with Gasteiger partial charge in [-0.3, -0.25) is 4.90 Å². The average molecular weight is 224 g/mol. The van der Waals surface area contributed by atoms with Gasteiger partial charge < -0.3 is 10.1 Å². The van der Waals surface area contributed by atoms with Gasteiger partial charge in [0.15, 0.2) is 0 Å². The second-order valence-corrected chi connectivity index (χ2v) is 5.82. The minimum atomic E-state index is 0.709. The molecule has 0 aromatic carbocycles. The molecule has 2 heterocycles. The molecule has 3 fully saturated rings. The molecule has 1 aliphatic carbocycles. The van der Waals surface area contributed by atoms with Crippen molar-refractivity contribution in [2.75, 3.05) is 26.3 Å². The summed E-state index contributed by atoms with van der Waals surface area (Å²) >= 11 is 0. The van der Waals surface area contributed by atoms with Crippen molar-refractivity contribution < 1.29 is 4.74 Å². The third kappa shape index (κ3) is 2.41. The van der Waals surface area contributed by atoms with Crippen LogP contribution in [0.25, 0.3) is 0 Å². The van der Waals surface area contributed by atoms with Crippen LogP contribution < -0.4 is 5.32 Å². The maximum Gasteiger partial charge on any atom is 0.0480 e. The molecule has 0 aromatic rings. The lowest BCUT2D eigenvalue weighted by atomic mass is 10.0. The Morgan fingerprint density at radius 3 is 2.50 bits per heavy atom. The average Bonchev–Trinajstić information content (AvgIpc) is 3.07. The van der Waals surface area contributed by atoms with Gasteiger partial charge in [-0.05, 0) is 31.6 Å². The summed E-state index contributed by atoms with van der Waals surface area (Å²) in [4.78, 5) is 2.70. The maximum absolute atomic E-state index is 5.41. The fraction of sp³-hybridized carbons (Fsp3) is 1.00. The first-order valence-electron chi connectivity index (χ1n) is 6.91. The molecule has 0 amide bonds. The van der Waals surface area contributed by atoms with Crippen LogP contribution >= 0.6 is 0 Å². The Hall–Kier alpha value is -0.120. The van der Waals surface area contributed by atoms with E-state index in [1.807, 2.05) is 0 Å². The molecule has 1 saturated carbocycles. The quantitative estimate of drug-likeness (QED) is 0.780. The molecule has 3 heteroatoms. The van der Waals surface area contributed by atoms with Crippen LogP contribution in [0, 0.1) is 5.92 Å². The van der Waals surface area contributed by atoms with E-state index in [0.29, 0.717) is 6.04 Å². The SMILES string of the molecule is CC1CN(C2CC2)CC1NC1CCOCC1. The highest BCUT2D eigenvalue weighted by molar-refractivity contribution is 4.95. The van der Waals surface area contributed by atoms with E-state index in [9.17, 15) is 0 Å². The van der Waals surface area contributed by atoms with Gasteiger partial charge in [0.2, 0.25) is 0 Å². The van der Waals surface area contributed by atoms with Crippen LogP contribution in [0.15, 0.2) is 0 Å². The Kier molecular flexibility index (Phi) is 3.18. The Morgan fingerprint density at radius 2 is 1.81 bits per heavy atom. The molecule has 2 aliphatic heterocycles. The predicted molar refractivity (Wildman–Crippen MR) is 64.5 cm³/mol.